The van der Waals surface area contributed by atoms with Gasteiger partial charge in [0.15, 0.2) is 17.3 Å². The standard InChI is InChI=1S/C23H27N9O/c1-29-21(16-4-8-24-20(14-16)31-11-5-17(33)6-12-31)27-28-23(29)18-15-25-32-13-7-19(26-22(18)32)30-9-2-3-10-30/h4,7-8,13-15,17,33H,2-3,5-6,9-12H2,1H3. The monoisotopic (exact) mass is 445 g/mol. The molecule has 33 heavy (non-hydrogen) atoms. The third-order valence-electron chi connectivity index (χ3n) is 6.69. The molecule has 0 amide bonds. The third kappa shape index (κ3) is 3.60. The van der Waals surface area contributed by atoms with Gasteiger partial charge in [-0.2, -0.15) is 5.10 Å². The van der Waals surface area contributed by atoms with Crippen LogP contribution < -0.4 is 9.80 Å². The van der Waals surface area contributed by atoms with Gasteiger partial charge in [-0.25, -0.2) is 14.5 Å². The molecule has 0 spiro atoms. The summed E-state index contributed by atoms with van der Waals surface area (Å²) in [4.78, 5) is 14.0. The summed E-state index contributed by atoms with van der Waals surface area (Å²) < 4.78 is 3.78. The average Bonchev–Trinajstić information content (AvgIpc) is 3.59. The van der Waals surface area contributed by atoms with Crippen LogP contribution in [0.4, 0.5) is 11.6 Å². The maximum atomic E-state index is 9.81. The lowest BCUT2D eigenvalue weighted by atomic mass is 10.1. The van der Waals surface area contributed by atoms with Gasteiger partial charge in [0.2, 0.25) is 0 Å². The first-order valence-electron chi connectivity index (χ1n) is 11.6. The van der Waals surface area contributed by atoms with E-state index in [0.717, 1.165) is 79.1 Å². The average molecular weight is 446 g/mol. The summed E-state index contributed by atoms with van der Waals surface area (Å²) in [5.74, 6) is 3.37. The largest absolute Gasteiger partial charge is 0.393 e. The first kappa shape index (κ1) is 20.1. The highest BCUT2D eigenvalue weighted by Crippen LogP contribution is 2.29. The van der Waals surface area contributed by atoms with Crippen molar-refractivity contribution in [1.29, 1.82) is 0 Å². The third-order valence-corrected chi connectivity index (χ3v) is 6.69. The van der Waals surface area contributed by atoms with Gasteiger partial charge in [0.25, 0.3) is 0 Å². The predicted molar refractivity (Wildman–Crippen MR) is 125 cm³/mol. The van der Waals surface area contributed by atoms with Crippen LogP contribution in [0, 0.1) is 0 Å². The van der Waals surface area contributed by atoms with Crippen molar-refractivity contribution in [3.63, 3.8) is 0 Å². The van der Waals surface area contributed by atoms with Gasteiger partial charge in [-0.1, -0.05) is 0 Å². The molecule has 0 aliphatic carbocycles. The summed E-state index contributed by atoms with van der Waals surface area (Å²) in [5.41, 5.74) is 2.59. The van der Waals surface area contributed by atoms with Gasteiger partial charge < -0.3 is 19.5 Å². The molecule has 2 fully saturated rings. The van der Waals surface area contributed by atoms with Gasteiger partial charge in [0.1, 0.15) is 11.6 Å². The molecule has 0 saturated carbocycles. The first-order valence-corrected chi connectivity index (χ1v) is 11.6. The van der Waals surface area contributed by atoms with Gasteiger partial charge in [-0.3, -0.25) is 0 Å². The Morgan fingerprint density at radius 1 is 0.939 bits per heavy atom. The van der Waals surface area contributed by atoms with E-state index in [4.69, 9.17) is 4.98 Å². The van der Waals surface area contributed by atoms with Crippen molar-refractivity contribution in [2.45, 2.75) is 31.8 Å². The zero-order valence-electron chi connectivity index (χ0n) is 18.7. The molecule has 4 aromatic heterocycles. The maximum absolute atomic E-state index is 9.81. The number of aliphatic hydroxyl groups excluding tert-OH is 1. The molecule has 2 aliphatic heterocycles. The summed E-state index contributed by atoms with van der Waals surface area (Å²) >= 11 is 0. The summed E-state index contributed by atoms with van der Waals surface area (Å²) in [6.07, 6.45) is 9.31. The Balaban J connectivity index is 1.34. The Bertz CT molecular complexity index is 1280. The molecule has 0 atom stereocenters. The van der Waals surface area contributed by atoms with Crippen LogP contribution in [0.3, 0.4) is 0 Å². The lowest BCUT2D eigenvalue weighted by molar-refractivity contribution is 0.145. The molecule has 0 radical (unpaired) electrons. The molecule has 6 rings (SSSR count). The van der Waals surface area contributed by atoms with E-state index in [9.17, 15) is 5.11 Å². The smallest absolute Gasteiger partial charge is 0.169 e. The molecule has 6 heterocycles. The molecule has 10 nitrogen and oxygen atoms in total. The van der Waals surface area contributed by atoms with Crippen molar-refractivity contribution in [3.05, 3.63) is 36.8 Å². The number of aromatic nitrogens is 7. The summed E-state index contributed by atoms with van der Waals surface area (Å²) in [5, 5.41) is 23.3. The summed E-state index contributed by atoms with van der Waals surface area (Å²) in [6, 6.07) is 6.02. The molecular formula is C23H27N9O. The van der Waals surface area contributed by atoms with Crippen molar-refractivity contribution in [2.75, 3.05) is 36.0 Å². The van der Waals surface area contributed by atoms with E-state index < -0.39 is 0 Å². The predicted octanol–water partition coefficient (Wildman–Crippen LogP) is 2.15. The van der Waals surface area contributed by atoms with Crippen LogP contribution in [0.5, 0.6) is 0 Å². The van der Waals surface area contributed by atoms with Crippen molar-refractivity contribution in [3.8, 4) is 22.8 Å². The zero-order chi connectivity index (χ0) is 22.4. The minimum absolute atomic E-state index is 0.212. The minimum atomic E-state index is -0.212. The normalized spacial score (nSPS) is 17.4. The lowest BCUT2D eigenvalue weighted by Crippen LogP contribution is -2.36. The summed E-state index contributed by atoms with van der Waals surface area (Å²) in [7, 11) is 1.97. The fourth-order valence-corrected chi connectivity index (χ4v) is 4.78. The van der Waals surface area contributed by atoms with Crippen LogP contribution in [0.2, 0.25) is 0 Å². The van der Waals surface area contributed by atoms with E-state index in [0.29, 0.717) is 0 Å². The van der Waals surface area contributed by atoms with Crippen molar-refractivity contribution < 1.29 is 5.11 Å². The van der Waals surface area contributed by atoms with Gasteiger partial charge in [-0.05, 0) is 43.9 Å². The van der Waals surface area contributed by atoms with Crippen molar-refractivity contribution >= 4 is 17.3 Å². The SMILES string of the molecule is Cn1c(-c2ccnc(N3CCC(O)CC3)c2)nnc1-c1cnn2ccc(N3CCCC3)nc12. The maximum Gasteiger partial charge on any atom is 0.169 e. The van der Waals surface area contributed by atoms with E-state index in [2.05, 4.69) is 30.1 Å². The van der Waals surface area contributed by atoms with Crippen molar-refractivity contribution in [1.82, 2.24) is 34.3 Å². The molecule has 0 aromatic carbocycles. The van der Waals surface area contributed by atoms with Crippen LogP contribution >= 0.6 is 0 Å². The second-order valence-electron chi connectivity index (χ2n) is 8.83. The zero-order valence-corrected chi connectivity index (χ0v) is 18.7. The molecular weight excluding hydrogens is 418 g/mol. The molecule has 170 valence electrons. The Labute approximate surface area is 191 Å². The Kier molecular flexibility index (Phi) is 4.94. The van der Waals surface area contributed by atoms with Gasteiger partial charge >= 0.3 is 0 Å². The molecule has 0 unspecified atom stereocenters. The second-order valence-corrected chi connectivity index (χ2v) is 8.83. The highest BCUT2D eigenvalue weighted by molar-refractivity contribution is 5.75. The topological polar surface area (TPSA) is 100 Å². The van der Waals surface area contributed by atoms with Gasteiger partial charge in [0, 0.05) is 51.2 Å². The van der Waals surface area contributed by atoms with Crippen molar-refractivity contribution in [2.24, 2.45) is 7.05 Å². The highest BCUT2D eigenvalue weighted by Gasteiger charge is 2.22. The van der Waals surface area contributed by atoms with E-state index in [-0.39, 0.29) is 6.10 Å². The lowest BCUT2D eigenvalue weighted by Gasteiger charge is -2.30. The van der Waals surface area contributed by atoms with E-state index in [1.807, 2.05) is 42.2 Å². The fourth-order valence-electron chi connectivity index (χ4n) is 4.78. The number of piperidine rings is 1. The number of anilines is 2. The number of hydrogen-bond donors (Lipinski definition) is 1. The number of nitrogens with zero attached hydrogens (tertiary/aromatic N) is 9. The van der Waals surface area contributed by atoms with Crippen LogP contribution in [0.1, 0.15) is 25.7 Å². The number of rotatable bonds is 4. The van der Waals surface area contributed by atoms with Crippen LogP contribution in [-0.2, 0) is 7.05 Å². The molecule has 10 heteroatoms. The van der Waals surface area contributed by atoms with E-state index in [1.54, 1.807) is 10.7 Å². The number of fused-ring (bicyclic) bond motifs is 1. The Hall–Kier alpha value is -3.53. The van der Waals surface area contributed by atoms with E-state index in [1.165, 1.54) is 12.8 Å². The van der Waals surface area contributed by atoms with E-state index >= 15 is 0 Å². The number of aliphatic hydroxyl groups is 1. The molecule has 4 aromatic rings. The summed E-state index contributed by atoms with van der Waals surface area (Å²) in [6.45, 7) is 3.69. The van der Waals surface area contributed by atoms with Gasteiger partial charge in [0.05, 0.1) is 17.9 Å². The second kappa shape index (κ2) is 8.11. The molecule has 2 aliphatic rings. The molecule has 1 N–H and O–H groups in total. The quantitative estimate of drug-likeness (QED) is 0.510. The van der Waals surface area contributed by atoms with Crippen LogP contribution in [-0.4, -0.2) is 71.7 Å². The minimum Gasteiger partial charge on any atom is -0.393 e. The molecule has 0 bridgehead atoms. The fraction of sp³-hybridized carbons (Fsp3) is 0.435. The van der Waals surface area contributed by atoms with Crippen LogP contribution in [0.15, 0.2) is 36.8 Å². The van der Waals surface area contributed by atoms with Gasteiger partial charge in [-0.15, -0.1) is 10.2 Å². The highest BCUT2D eigenvalue weighted by atomic mass is 16.3. The Morgan fingerprint density at radius 2 is 1.70 bits per heavy atom. The number of hydrogen-bond acceptors (Lipinski definition) is 8. The molecule has 2 saturated heterocycles. The van der Waals surface area contributed by atoms with Crippen LogP contribution in [0.25, 0.3) is 28.4 Å². The first-order chi connectivity index (χ1) is 16.2. The Morgan fingerprint density at radius 3 is 2.52 bits per heavy atom. The number of pyridine rings is 1.